The lowest BCUT2D eigenvalue weighted by Gasteiger charge is -2.52. The quantitative estimate of drug-likeness (QED) is 0.258. The van der Waals surface area contributed by atoms with Crippen LogP contribution in [0.1, 0.15) is 193 Å². The van der Waals surface area contributed by atoms with Gasteiger partial charge in [0.25, 0.3) is 0 Å². The lowest BCUT2D eigenvalue weighted by atomic mass is 9.99. The Kier molecular flexibility index (Phi) is 11.1. The van der Waals surface area contributed by atoms with Crippen LogP contribution in [0.2, 0.25) is 0 Å². The van der Waals surface area contributed by atoms with Gasteiger partial charge < -0.3 is 0 Å². The molecule has 0 amide bonds. The first kappa shape index (κ1) is 30.6. The third-order valence-electron chi connectivity index (χ3n) is 13.7. The van der Waals surface area contributed by atoms with Gasteiger partial charge in [0.1, 0.15) is 14.5 Å². The van der Waals surface area contributed by atoms with Crippen LogP contribution in [0, 0.1) is 0 Å². The van der Waals surface area contributed by atoms with E-state index in [1.54, 1.807) is 0 Å². The standard InChI is InChI=1S/C37H66OP2/c38-37(39(31-19-7-1-8-20-31,32-21-9-2-10-22-32)33-23-11-3-12-24-33)40(34-25-13-4-14-26-34,35-27-15-5-16-28-35)36-29-17-6-18-30-36/h31-36H,1-30H2/q+2. The fourth-order valence-electron chi connectivity index (χ4n) is 12.1. The fraction of sp³-hybridized carbons (Fsp3) is 0.973. The first-order valence-electron chi connectivity index (χ1n) is 19.1. The van der Waals surface area contributed by atoms with Crippen LogP contribution in [0.5, 0.6) is 0 Å². The monoisotopic (exact) mass is 588 g/mol. The van der Waals surface area contributed by atoms with Crippen molar-refractivity contribution < 1.29 is 4.79 Å². The van der Waals surface area contributed by atoms with Gasteiger partial charge in [0.2, 0.25) is 0 Å². The van der Waals surface area contributed by atoms with E-state index in [4.69, 9.17) is 0 Å². The second-order valence-electron chi connectivity index (χ2n) is 15.7. The van der Waals surface area contributed by atoms with Gasteiger partial charge in [-0.25, -0.2) is 4.79 Å². The molecule has 1 nitrogen and oxygen atoms in total. The highest BCUT2D eigenvalue weighted by atomic mass is 31.2. The largest absolute Gasteiger partial charge is 0.397 e. The summed E-state index contributed by atoms with van der Waals surface area (Å²) in [5.41, 5.74) is 5.06. The summed E-state index contributed by atoms with van der Waals surface area (Å²) < 4.78 is 0. The van der Waals surface area contributed by atoms with E-state index in [1.165, 1.54) is 198 Å². The molecule has 6 saturated carbocycles. The summed E-state index contributed by atoms with van der Waals surface area (Å²) in [5.74, 6) is 0. The minimum Gasteiger partial charge on any atom is -0.211 e. The van der Waals surface area contributed by atoms with Crippen LogP contribution in [0.25, 0.3) is 0 Å². The summed E-state index contributed by atoms with van der Waals surface area (Å²) in [6.07, 6.45) is 43.5. The van der Waals surface area contributed by atoms with Crippen LogP contribution in [-0.2, 0) is 0 Å². The second kappa shape index (κ2) is 14.5. The SMILES string of the molecule is O=C([P+](C1CCCCC1)(C1CCCCC1)C1CCCCC1)[P+](C1CCCCC1)(C1CCCCC1)C1CCCCC1. The molecule has 0 aromatic heterocycles. The number of carbonyl (C=O) groups is 1. The highest BCUT2D eigenvalue weighted by Crippen LogP contribution is 2.91. The van der Waals surface area contributed by atoms with E-state index in [2.05, 4.69) is 0 Å². The van der Waals surface area contributed by atoms with Gasteiger partial charge in [0.15, 0.2) is 0 Å². The molecule has 0 saturated heterocycles. The van der Waals surface area contributed by atoms with Gasteiger partial charge in [-0.2, -0.15) is 0 Å². The molecule has 0 unspecified atom stereocenters. The summed E-state index contributed by atoms with van der Waals surface area (Å²) in [5, 5.41) is 1.22. The third kappa shape index (κ3) is 5.82. The number of rotatable bonds is 8. The van der Waals surface area contributed by atoms with Crippen LogP contribution in [-0.4, -0.2) is 39.2 Å². The third-order valence-corrected chi connectivity index (χ3v) is 27.5. The van der Waals surface area contributed by atoms with E-state index >= 15 is 4.79 Å². The first-order chi connectivity index (χ1) is 19.8. The van der Waals surface area contributed by atoms with Crippen LogP contribution in [0.15, 0.2) is 0 Å². The highest BCUT2D eigenvalue weighted by Gasteiger charge is 2.76. The predicted molar refractivity (Wildman–Crippen MR) is 180 cm³/mol. The van der Waals surface area contributed by atoms with E-state index in [-0.39, 0.29) is 0 Å². The summed E-state index contributed by atoms with van der Waals surface area (Å²) in [7, 11) is -3.45. The Morgan fingerprint density at radius 1 is 0.275 bits per heavy atom. The summed E-state index contributed by atoms with van der Waals surface area (Å²) in [6.45, 7) is 0. The van der Waals surface area contributed by atoms with E-state index in [0.717, 1.165) is 34.0 Å². The molecule has 40 heavy (non-hydrogen) atoms. The van der Waals surface area contributed by atoms with Gasteiger partial charge in [0, 0.05) is 0 Å². The van der Waals surface area contributed by atoms with E-state index in [0.29, 0.717) is 0 Å². The molecular formula is C37H66OP2+2. The van der Waals surface area contributed by atoms with Crippen molar-refractivity contribution in [2.45, 2.75) is 227 Å². The van der Waals surface area contributed by atoms with Crippen molar-refractivity contribution >= 4 is 19.8 Å². The molecule has 0 aromatic carbocycles. The van der Waals surface area contributed by atoms with Crippen LogP contribution in [0.3, 0.4) is 0 Å². The van der Waals surface area contributed by atoms with Crippen molar-refractivity contribution in [3.8, 4) is 0 Å². The average Bonchev–Trinajstić information content (AvgIpc) is 3.05. The molecule has 0 atom stereocenters. The van der Waals surface area contributed by atoms with Crippen LogP contribution >= 0.6 is 14.5 Å². The van der Waals surface area contributed by atoms with Crippen molar-refractivity contribution in [3.63, 3.8) is 0 Å². The normalized spacial score (nSPS) is 29.0. The molecule has 6 rings (SSSR count). The van der Waals surface area contributed by atoms with E-state index < -0.39 is 14.5 Å². The molecule has 0 aromatic rings. The first-order valence-corrected chi connectivity index (χ1v) is 23.1. The van der Waals surface area contributed by atoms with Crippen LogP contribution in [0.4, 0.5) is 4.79 Å². The maximum atomic E-state index is 17.0. The molecule has 228 valence electrons. The van der Waals surface area contributed by atoms with E-state index in [1.807, 2.05) is 0 Å². The number of hydrogen-bond donors (Lipinski definition) is 0. The maximum absolute atomic E-state index is 17.0. The molecule has 0 radical (unpaired) electrons. The Balaban J connectivity index is 1.54. The van der Waals surface area contributed by atoms with Gasteiger partial charge in [-0.3, -0.25) is 0 Å². The lowest BCUT2D eigenvalue weighted by Crippen LogP contribution is -2.46. The minimum atomic E-state index is -1.72. The highest BCUT2D eigenvalue weighted by molar-refractivity contribution is 8.16. The topological polar surface area (TPSA) is 17.1 Å². The molecule has 0 bridgehead atoms. The molecule has 0 heterocycles. The Morgan fingerprint density at radius 2 is 0.425 bits per heavy atom. The second-order valence-corrected chi connectivity index (χ2v) is 24.6. The smallest absolute Gasteiger partial charge is 0.211 e. The molecule has 3 heteroatoms. The summed E-state index contributed by atoms with van der Waals surface area (Å²) in [4.78, 5) is 17.0. The van der Waals surface area contributed by atoms with Crippen molar-refractivity contribution in [1.29, 1.82) is 0 Å². The number of hydrogen-bond acceptors (Lipinski definition) is 1. The molecular weight excluding hydrogens is 522 g/mol. The molecule has 6 aliphatic rings. The Hall–Kier alpha value is 0.530. The Labute approximate surface area is 250 Å². The number of carbonyl (C=O) groups excluding carboxylic acids is 1. The molecule has 0 N–H and O–H groups in total. The van der Waals surface area contributed by atoms with Crippen molar-refractivity contribution in [2.75, 3.05) is 0 Å². The molecule has 6 aliphatic carbocycles. The molecule has 0 spiro atoms. The van der Waals surface area contributed by atoms with Gasteiger partial charge in [-0.05, 0) is 154 Å². The maximum Gasteiger partial charge on any atom is 0.397 e. The van der Waals surface area contributed by atoms with Crippen molar-refractivity contribution in [3.05, 3.63) is 0 Å². The van der Waals surface area contributed by atoms with Gasteiger partial charge in [-0.1, -0.05) is 38.5 Å². The average molecular weight is 589 g/mol. The Bertz CT molecular complexity index is 617. The Morgan fingerprint density at radius 3 is 0.575 bits per heavy atom. The predicted octanol–water partition coefficient (Wildman–Crippen LogP) is 13.1. The lowest BCUT2D eigenvalue weighted by molar-refractivity contribution is 0.271. The van der Waals surface area contributed by atoms with Gasteiger partial charge in [-0.15, -0.1) is 0 Å². The molecule has 6 fully saturated rings. The van der Waals surface area contributed by atoms with Crippen LogP contribution < -0.4 is 0 Å². The van der Waals surface area contributed by atoms with Crippen molar-refractivity contribution in [1.82, 2.24) is 0 Å². The van der Waals surface area contributed by atoms with Gasteiger partial charge >= 0.3 is 5.27 Å². The van der Waals surface area contributed by atoms with Gasteiger partial charge in [0.05, 0.1) is 34.0 Å². The van der Waals surface area contributed by atoms with E-state index in [9.17, 15) is 0 Å². The minimum absolute atomic E-state index is 0.843. The summed E-state index contributed by atoms with van der Waals surface area (Å²) in [6, 6.07) is 0. The fourth-order valence-corrected chi connectivity index (χ4v) is 30.2. The zero-order valence-electron chi connectivity index (χ0n) is 26.5. The summed E-state index contributed by atoms with van der Waals surface area (Å²) >= 11 is 0. The molecule has 0 aliphatic heterocycles. The zero-order chi connectivity index (χ0) is 27.3. The zero-order valence-corrected chi connectivity index (χ0v) is 28.3. The van der Waals surface area contributed by atoms with Crippen molar-refractivity contribution in [2.24, 2.45) is 0 Å².